The number of nitrogens with one attached hydrogen (secondary N) is 3. The number of thiol groups is 1. The van der Waals surface area contributed by atoms with Crippen molar-refractivity contribution < 1.29 is 9.13 Å². The average Bonchev–Trinajstić information content (AvgIpc) is 2.74. The summed E-state index contributed by atoms with van der Waals surface area (Å²) in [5.74, 6) is 0.125. The van der Waals surface area contributed by atoms with Gasteiger partial charge in [-0.2, -0.15) is 5.11 Å². The first-order valence-corrected chi connectivity index (χ1v) is 9.83. The van der Waals surface area contributed by atoms with Gasteiger partial charge in [0.2, 0.25) is 0 Å². The number of nitrogen functional groups attached to an aromatic ring is 1. The number of halogens is 1. The minimum absolute atomic E-state index is 0.180. The van der Waals surface area contributed by atoms with E-state index in [-0.39, 0.29) is 12.2 Å². The number of nitrogens with two attached hydrogens (primary N) is 1. The zero-order chi connectivity index (χ0) is 21.8. The van der Waals surface area contributed by atoms with Gasteiger partial charge in [-0.1, -0.05) is 6.07 Å². The molecule has 0 aliphatic carbocycles. The van der Waals surface area contributed by atoms with E-state index >= 15 is 0 Å². The van der Waals surface area contributed by atoms with Gasteiger partial charge < -0.3 is 21.2 Å². The van der Waals surface area contributed by atoms with Gasteiger partial charge in [0.1, 0.15) is 11.9 Å². The average molecular weight is 427 g/mol. The van der Waals surface area contributed by atoms with Gasteiger partial charge >= 0.3 is 0 Å². The van der Waals surface area contributed by atoms with Crippen LogP contribution >= 0.6 is 12.6 Å². The molecule has 1 unspecified atom stereocenters. The van der Waals surface area contributed by atoms with Crippen molar-refractivity contribution in [3.8, 4) is 5.75 Å². The molecule has 1 aliphatic rings. The third kappa shape index (κ3) is 4.20. The second-order valence-corrected chi connectivity index (χ2v) is 7.21. The number of anilines is 1. The summed E-state index contributed by atoms with van der Waals surface area (Å²) in [6.45, 7) is 4.30. The Morgan fingerprint density at radius 2 is 2.20 bits per heavy atom. The lowest BCUT2D eigenvalue weighted by atomic mass is 9.97. The summed E-state index contributed by atoms with van der Waals surface area (Å²) in [6.07, 6.45) is 2.37. The monoisotopic (exact) mass is 426 g/mol. The number of nitrogens with zero attached hydrogens (tertiary/aromatic N) is 2. The number of allylic oxidation sites excluding steroid dienone is 1. The fraction of sp³-hybridized carbons (Fsp3) is 0.238. The summed E-state index contributed by atoms with van der Waals surface area (Å²) >= 11 is 4.64. The van der Waals surface area contributed by atoms with E-state index in [1.165, 1.54) is 18.3 Å². The maximum absolute atomic E-state index is 14.0. The number of fused-ring (bicyclic) bond motifs is 3. The molecule has 0 radical (unpaired) electrons. The van der Waals surface area contributed by atoms with Crippen molar-refractivity contribution in [1.29, 1.82) is 10.9 Å². The van der Waals surface area contributed by atoms with Gasteiger partial charge in [-0.15, -0.1) is 12.6 Å². The molecule has 0 spiro atoms. The first-order chi connectivity index (χ1) is 14.4. The molecule has 156 valence electrons. The molecule has 0 saturated heterocycles. The zero-order valence-electron chi connectivity index (χ0n) is 16.7. The number of benzene rings is 1. The SMILES string of the molecule is CCN/C1=C(\N=N)C/C(C=N)=C(/S)c2ccc(F)cc2C(C)Oc2cc1cnc2N. The number of hydrogen-bond donors (Lipinski definition) is 5. The smallest absolute Gasteiger partial charge is 0.166 e. The Morgan fingerprint density at radius 1 is 1.43 bits per heavy atom. The van der Waals surface area contributed by atoms with E-state index in [1.54, 1.807) is 25.3 Å². The van der Waals surface area contributed by atoms with Crippen LogP contribution in [0.5, 0.6) is 5.75 Å². The van der Waals surface area contributed by atoms with E-state index in [0.717, 1.165) is 0 Å². The fourth-order valence-corrected chi connectivity index (χ4v) is 3.66. The normalized spacial score (nSPS) is 21.5. The molecule has 0 fully saturated rings. The van der Waals surface area contributed by atoms with Gasteiger partial charge in [-0.3, -0.25) is 0 Å². The molecule has 1 aliphatic heterocycles. The molecular formula is C21H23FN6OS. The molecule has 30 heavy (non-hydrogen) atoms. The van der Waals surface area contributed by atoms with Crippen LogP contribution in [0.4, 0.5) is 10.2 Å². The minimum atomic E-state index is -0.560. The van der Waals surface area contributed by atoms with Crippen molar-refractivity contribution in [3.63, 3.8) is 0 Å². The Kier molecular flexibility index (Phi) is 6.51. The van der Waals surface area contributed by atoms with Crippen LogP contribution in [0.15, 0.2) is 46.8 Å². The number of rotatable bonds is 4. The van der Waals surface area contributed by atoms with Gasteiger partial charge in [0.05, 0.1) is 11.4 Å². The Labute approximate surface area is 179 Å². The highest BCUT2D eigenvalue weighted by Crippen LogP contribution is 2.37. The first-order valence-electron chi connectivity index (χ1n) is 9.39. The highest BCUT2D eigenvalue weighted by Gasteiger charge is 2.21. The van der Waals surface area contributed by atoms with Crippen molar-refractivity contribution in [2.45, 2.75) is 26.4 Å². The summed E-state index contributed by atoms with van der Waals surface area (Å²) in [5, 5.41) is 14.8. The predicted octanol–water partition coefficient (Wildman–Crippen LogP) is 4.95. The molecule has 7 nitrogen and oxygen atoms in total. The molecule has 2 aromatic rings. The predicted molar refractivity (Wildman–Crippen MR) is 119 cm³/mol. The molecule has 9 heteroatoms. The second-order valence-electron chi connectivity index (χ2n) is 6.76. The summed E-state index contributed by atoms with van der Waals surface area (Å²) < 4.78 is 20.1. The van der Waals surface area contributed by atoms with Gasteiger partial charge in [0.25, 0.3) is 0 Å². The van der Waals surface area contributed by atoms with E-state index in [1.807, 2.05) is 6.92 Å². The summed E-state index contributed by atoms with van der Waals surface area (Å²) in [5.41, 5.74) is 17.1. The van der Waals surface area contributed by atoms with Crippen LogP contribution in [0.25, 0.3) is 10.6 Å². The molecule has 0 saturated carbocycles. The maximum atomic E-state index is 14.0. The van der Waals surface area contributed by atoms with Crippen molar-refractivity contribution in [2.75, 3.05) is 12.3 Å². The van der Waals surface area contributed by atoms with Crippen molar-refractivity contribution in [3.05, 3.63) is 64.2 Å². The molecule has 2 bridgehead atoms. The van der Waals surface area contributed by atoms with Gasteiger partial charge in [-0.05, 0) is 43.2 Å². The largest absolute Gasteiger partial charge is 0.482 e. The number of aromatic nitrogens is 1. The second kappa shape index (κ2) is 9.08. The van der Waals surface area contributed by atoms with E-state index < -0.39 is 11.9 Å². The lowest BCUT2D eigenvalue weighted by Gasteiger charge is -2.22. The van der Waals surface area contributed by atoms with E-state index in [4.69, 9.17) is 21.4 Å². The van der Waals surface area contributed by atoms with Gasteiger partial charge in [0.15, 0.2) is 11.6 Å². The quantitative estimate of drug-likeness (QED) is 0.270. The van der Waals surface area contributed by atoms with Crippen LogP contribution in [0.2, 0.25) is 0 Å². The van der Waals surface area contributed by atoms with Crippen LogP contribution in [0.1, 0.15) is 43.1 Å². The van der Waals surface area contributed by atoms with Gasteiger partial charge in [0, 0.05) is 41.4 Å². The van der Waals surface area contributed by atoms with Crippen molar-refractivity contribution >= 4 is 35.3 Å². The minimum Gasteiger partial charge on any atom is -0.482 e. The van der Waals surface area contributed by atoms with E-state index in [0.29, 0.717) is 50.9 Å². The van der Waals surface area contributed by atoms with Crippen LogP contribution in [0.3, 0.4) is 0 Å². The Hall–Kier alpha value is -3.20. The highest BCUT2D eigenvalue weighted by molar-refractivity contribution is 7.90. The molecule has 5 N–H and O–H groups in total. The molecule has 3 rings (SSSR count). The first kappa shape index (κ1) is 21.5. The van der Waals surface area contributed by atoms with Crippen molar-refractivity contribution in [2.24, 2.45) is 5.11 Å². The zero-order valence-corrected chi connectivity index (χ0v) is 17.6. The fourth-order valence-electron chi connectivity index (χ4n) is 3.31. The Bertz CT molecular complexity index is 1070. The molecule has 1 aromatic heterocycles. The van der Waals surface area contributed by atoms with E-state index in [2.05, 4.69) is 28.0 Å². The topological polar surface area (TPSA) is 120 Å². The summed E-state index contributed by atoms with van der Waals surface area (Å²) in [6, 6.07) is 6.04. The van der Waals surface area contributed by atoms with Crippen molar-refractivity contribution in [1.82, 2.24) is 10.3 Å². The Morgan fingerprint density at radius 3 is 2.87 bits per heavy atom. The van der Waals surface area contributed by atoms with Crippen LogP contribution < -0.4 is 15.8 Å². The standard InChI is InChI=1S/C21H23FN6OS/c1-3-26-19-13-7-18(21(24)27-10-13)29-11(2)16-8-14(22)4-5-15(16)20(30)12(9-23)6-17(19)28-25/h4-5,7-11,23,25-26,30H,3,6H2,1-2H3,(H2,24,27)/b19-17-,20-12-,23-9?,28-25?. The number of hydrogen-bond acceptors (Lipinski definition) is 8. The van der Waals surface area contributed by atoms with Gasteiger partial charge in [-0.25, -0.2) is 14.9 Å². The van der Waals surface area contributed by atoms with Crippen LogP contribution in [-0.2, 0) is 0 Å². The molecule has 0 amide bonds. The van der Waals surface area contributed by atoms with E-state index in [9.17, 15) is 4.39 Å². The lowest BCUT2D eigenvalue weighted by molar-refractivity contribution is 0.226. The van der Waals surface area contributed by atoms with Crippen LogP contribution in [-0.4, -0.2) is 17.7 Å². The van der Waals surface area contributed by atoms with Crippen LogP contribution in [0, 0.1) is 16.8 Å². The third-order valence-electron chi connectivity index (χ3n) is 4.79. The summed E-state index contributed by atoms with van der Waals surface area (Å²) in [7, 11) is 0. The maximum Gasteiger partial charge on any atom is 0.166 e. The number of pyridine rings is 1. The highest BCUT2D eigenvalue weighted by atomic mass is 32.1. The molecular weight excluding hydrogens is 403 g/mol. The lowest BCUT2D eigenvalue weighted by Crippen LogP contribution is -2.15. The summed E-state index contributed by atoms with van der Waals surface area (Å²) in [4.78, 5) is 4.71. The Balaban J connectivity index is 2.35. The molecule has 2 heterocycles. The number of ether oxygens (including phenoxy) is 1. The molecule has 1 aromatic carbocycles. The molecule has 1 atom stereocenters. The third-order valence-corrected chi connectivity index (χ3v) is 5.32.